The third kappa shape index (κ3) is 3.06. The third-order valence-electron chi connectivity index (χ3n) is 2.66. The molecule has 0 saturated carbocycles. The highest BCUT2D eigenvalue weighted by atomic mass is 79.9. The lowest BCUT2D eigenvalue weighted by molar-refractivity contribution is -0.107. The van der Waals surface area contributed by atoms with Gasteiger partial charge in [-0.05, 0) is 46.3 Å². The van der Waals surface area contributed by atoms with Gasteiger partial charge in [-0.1, -0.05) is 0 Å². The highest BCUT2D eigenvalue weighted by molar-refractivity contribution is 9.10. The molecule has 0 aliphatic carbocycles. The molecule has 5 heteroatoms. The number of hydrogen-bond donors (Lipinski definition) is 0. The van der Waals surface area contributed by atoms with Gasteiger partial charge in [0.1, 0.15) is 0 Å². The van der Waals surface area contributed by atoms with Crippen LogP contribution in [0.1, 0.15) is 15.9 Å². The van der Waals surface area contributed by atoms with Gasteiger partial charge in [-0.25, -0.2) is 0 Å². The fourth-order valence-electron chi connectivity index (χ4n) is 1.61. The molecule has 0 saturated heterocycles. The molecule has 0 radical (unpaired) electrons. The van der Waals surface area contributed by atoms with Crippen molar-refractivity contribution in [3.05, 3.63) is 58.3 Å². The zero-order valence-corrected chi connectivity index (χ0v) is 11.8. The molecule has 96 valence electrons. The number of amides is 1. The van der Waals surface area contributed by atoms with Gasteiger partial charge in [0.2, 0.25) is 6.41 Å². The smallest absolute Gasteiger partial charge is 0.213 e. The normalized spacial score (nSPS) is 10.0. The van der Waals surface area contributed by atoms with Gasteiger partial charge in [0, 0.05) is 40.7 Å². The van der Waals surface area contributed by atoms with Gasteiger partial charge in [0.05, 0.1) is 0 Å². The van der Waals surface area contributed by atoms with Crippen LogP contribution in [0.25, 0.3) is 0 Å². The highest BCUT2D eigenvalue weighted by Gasteiger charge is 2.10. The van der Waals surface area contributed by atoms with Crippen molar-refractivity contribution in [2.45, 2.75) is 0 Å². The van der Waals surface area contributed by atoms with E-state index in [1.54, 1.807) is 43.6 Å². The molecule has 19 heavy (non-hydrogen) atoms. The van der Waals surface area contributed by atoms with Crippen molar-refractivity contribution in [2.75, 3.05) is 11.9 Å². The van der Waals surface area contributed by atoms with Gasteiger partial charge in [0.15, 0.2) is 5.78 Å². The molecule has 0 aliphatic rings. The van der Waals surface area contributed by atoms with Gasteiger partial charge in [-0.3, -0.25) is 14.6 Å². The second kappa shape index (κ2) is 5.75. The van der Waals surface area contributed by atoms with E-state index in [1.165, 1.54) is 11.1 Å². The maximum atomic E-state index is 12.2. The van der Waals surface area contributed by atoms with Crippen molar-refractivity contribution in [3.8, 4) is 0 Å². The molecule has 1 amide bonds. The Balaban J connectivity index is 2.27. The molecule has 4 nitrogen and oxygen atoms in total. The first-order valence-electron chi connectivity index (χ1n) is 5.55. The number of aromatic nitrogens is 1. The van der Waals surface area contributed by atoms with Crippen LogP contribution in [0.4, 0.5) is 5.69 Å². The van der Waals surface area contributed by atoms with Crippen molar-refractivity contribution in [1.29, 1.82) is 0 Å². The summed E-state index contributed by atoms with van der Waals surface area (Å²) in [5, 5.41) is 0. The van der Waals surface area contributed by atoms with Gasteiger partial charge in [-0.15, -0.1) is 0 Å². The largest absolute Gasteiger partial charge is 0.318 e. The van der Waals surface area contributed by atoms with E-state index in [1.807, 2.05) is 0 Å². The van der Waals surface area contributed by atoms with Crippen LogP contribution in [0.3, 0.4) is 0 Å². The third-order valence-corrected chi connectivity index (χ3v) is 3.10. The molecule has 0 aliphatic heterocycles. The predicted molar refractivity (Wildman–Crippen MR) is 76.3 cm³/mol. The molecule has 0 N–H and O–H groups in total. The Hall–Kier alpha value is -2.01. The minimum Gasteiger partial charge on any atom is -0.318 e. The second-order valence-electron chi connectivity index (χ2n) is 3.98. The Kier molecular flexibility index (Phi) is 4.06. The van der Waals surface area contributed by atoms with Crippen LogP contribution in [-0.4, -0.2) is 24.2 Å². The van der Waals surface area contributed by atoms with Crippen LogP contribution in [-0.2, 0) is 4.79 Å². The Morgan fingerprint density at radius 2 is 1.89 bits per heavy atom. The van der Waals surface area contributed by atoms with Gasteiger partial charge >= 0.3 is 0 Å². The van der Waals surface area contributed by atoms with Gasteiger partial charge < -0.3 is 4.90 Å². The zero-order valence-electron chi connectivity index (χ0n) is 10.2. The van der Waals surface area contributed by atoms with Crippen molar-refractivity contribution in [2.24, 2.45) is 0 Å². The Bertz CT molecular complexity index is 611. The molecule has 0 unspecified atom stereocenters. The molecular formula is C14H11BrN2O2. The number of hydrogen-bond acceptors (Lipinski definition) is 3. The Morgan fingerprint density at radius 3 is 2.47 bits per heavy atom. The molecule has 1 aromatic carbocycles. The van der Waals surface area contributed by atoms with E-state index >= 15 is 0 Å². The molecule has 1 aromatic heterocycles. The van der Waals surface area contributed by atoms with Crippen LogP contribution < -0.4 is 4.90 Å². The summed E-state index contributed by atoms with van der Waals surface area (Å²) < 4.78 is 0.760. The fraction of sp³-hybridized carbons (Fsp3) is 0.0714. The SMILES string of the molecule is CN(C=O)c1ccc(C(=O)c2cncc(Br)c2)cc1. The summed E-state index contributed by atoms with van der Waals surface area (Å²) in [6, 6.07) is 8.57. The number of carbonyl (C=O) groups is 2. The lowest BCUT2D eigenvalue weighted by Crippen LogP contribution is -2.13. The van der Waals surface area contributed by atoms with E-state index in [2.05, 4.69) is 20.9 Å². The molecule has 0 spiro atoms. The van der Waals surface area contributed by atoms with E-state index in [4.69, 9.17) is 0 Å². The number of anilines is 1. The topological polar surface area (TPSA) is 50.3 Å². The maximum absolute atomic E-state index is 12.2. The lowest BCUT2D eigenvalue weighted by atomic mass is 10.0. The van der Waals surface area contributed by atoms with Crippen LogP contribution in [0.2, 0.25) is 0 Å². The number of benzene rings is 1. The van der Waals surface area contributed by atoms with Crippen molar-refractivity contribution in [3.63, 3.8) is 0 Å². The number of carbonyl (C=O) groups excluding carboxylic acids is 2. The van der Waals surface area contributed by atoms with Gasteiger partial charge in [0.25, 0.3) is 0 Å². The summed E-state index contributed by atoms with van der Waals surface area (Å²) in [6.07, 6.45) is 3.87. The first-order chi connectivity index (χ1) is 9.11. The fourth-order valence-corrected chi connectivity index (χ4v) is 1.98. The van der Waals surface area contributed by atoms with Crippen LogP contribution in [0.5, 0.6) is 0 Å². The number of halogens is 1. The number of nitrogens with zero attached hydrogens (tertiary/aromatic N) is 2. The minimum absolute atomic E-state index is 0.103. The predicted octanol–water partition coefficient (Wildman–Crippen LogP) is 2.67. The molecule has 0 atom stereocenters. The Labute approximate surface area is 119 Å². The summed E-state index contributed by atoms with van der Waals surface area (Å²) in [4.78, 5) is 28.2. The number of rotatable bonds is 4. The summed E-state index contributed by atoms with van der Waals surface area (Å²) in [5.41, 5.74) is 1.81. The summed E-state index contributed by atoms with van der Waals surface area (Å²) in [5.74, 6) is -0.103. The first kappa shape index (κ1) is 13.4. The van der Waals surface area contributed by atoms with Gasteiger partial charge in [-0.2, -0.15) is 0 Å². The zero-order chi connectivity index (χ0) is 13.8. The number of ketones is 1. The Morgan fingerprint density at radius 1 is 1.21 bits per heavy atom. The van der Waals surface area contributed by atoms with Crippen molar-refractivity contribution in [1.82, 2.24) is 4.98 Å². The van der Waals surface area contributed by atoms with Crippen molar-refractivity contribution >= 4 is 33.8 Å². The average molecular weight is 319 g/mol. The molecular weight excluding hydrogens is 308 g/mol. The molecule has 2 rings (SSSR count). The average Bonchev–Trinajstić information content (AvgIpc) is 2.46. The standard InChI is InChI=1S/C14H11BrN2O2/c1-17(9-18)13-4-2-10(3-5-13)14(19)11-6-12(15)8-16-7-11/h2-9H,1H3. The van der Waals surface area contributed by atoms with E-state index in [-0.39, 0.29) is 5.78 Å². The van der Waals surface area contributed by atoms with Crippen LogP contribution in [0.15, 0.2) is 47.2 Å². The summed E-state index contributed by atoms with van der Waals surface area (Å²) >= 11 is 3.28. The first-order valence-corrected chi connectivity index (χ1v) is 6.34. The van der Waals surface area contributed by atoms with Crippen molar-refractivity contribution < 1.29 is 9.59 Å². The van der Waals surface area contributed by atoms with E-state index in [0.717, 1.165) is 16.6 Å². The second-order valence-corrected chi connectivity index (χ2v) is 4.90. The van der Waals surface area contributed by atoms with E-state index in [9.17, 15) is 9.59 Å². The quantitative estimate of drug-likeness (QED) is 0.643. The van der Waals surface area contributed by atoms with E-state index in [0.29, 0.717) is 11.1 Å². The molecule has 0 bridgehead atoms. The van der Waals surface area contributed by atoms with Crippen LogP contribution >= 0.6 is 15.9 Å². The van der Waals surface area contributed by atoms with Crippen LogP contribution in [0, 0.1) is 0 Å². The monoisotopic (exact) mass is 318 g/mol. The highest BCUT2D eigenvalue weighted by Crippen LogP contribution is 2.17. The number of pyridine rings is 1. The molecule has 1 heterocycles. The molecule has 0 fully saturated rings. The summed E-state index contributed by atoms with van der Waals surface area (Å²) in [6.45, 7) is 0. The summed E-state index contributed by atoms with van der Waals surface area (Å²) in [7, 11) is 1.65. The maximum Gasteiger partial charge on any atom is 0.213 e. The lowest BCUT2D eigenvalue weighted by Gasteiger charge is -2.10. The molecule has 2 aromatic rings. The minimum atomic E-state index is -0.103. The van der Waals surface area contributed by atoms with E-state index < -0.39 is 0 Å².